The van der Waals surface area contributed by atoms with Crippen LogP contribution in [0.3, 0.4) is 0 Å². The minimum absolute atomic E-state index is 0.325. The molecule has 18 heavy (non-hydrogen) atoms. The zero-order valence-corrected chi connectivity index (χ0v) is 11.8. The first-order valence-corrected chi connectivity index (χ1v) is 6.68. The summed E-state index contributed by atoms with van der Waals surface area (Å²) in [4.78, 5) is 4.01. The standard InChI is InChI=1S/C13H15BrN4/c1-16-13(17-8-15)18-10-5-6-11-9(7-10)3-2-4-12(11)14/h2-4,10H,5-7H2,1H3,(H2,16,17,18). The van der Waals surface area contributed by atoms with E-state index in [1.807, 2.05) is 6.19 Å². The Bertz CT molecular complexity index is 504. The molecule has 0 amide bonds. The normalized spacial score (nSPS) is 18.7. The first-order chi connectivity index (χ1) is 8.74. The van der Waals surface area contributed by atoms with Crippen LogP contribution in [0.2, 0.25) is 0 Å². The van der Waals surface area contributed by atoms with Crippen molar-refractivity contribution in [1.29, 1.82) is 5.26 Å². The first kappa shape index (κ1) is 12.9. The fraction of sp³-hybridized carbons (Fsp3) is 0.385. The van der Waals surface area contributed by atoms with Crippen molar-refractivity contribution in [2.24, 2.45) is 4.99 Å². The summed E-state index contributed by atoms with van der Waals surface area (Å²) in [5, 5.41) is 14.4. The summed E-state index contributed by atoms with van der Waals surface area (Å²) < 4.78 is 1.19. The van der Waals surface area contributed by atoms with Crippen molar-refractivity contribution in [1.82, 2.24) is 10.6 Å². The number of guanidine groups is 1. The molecule has 0 bridgehead atoms. The van der Waals surface area contributed by atoms with Gasteiger partial charge in [-0.2, -0.15) is 5.26 Å². The van der Waals surface area contributed by atoms with Gasteiger partial charge in [-0.25, -0.2) is 0 Å². The Balaban J connectivity index is 2.07. The van der Waals surface area contributed by atoms with Crippen LogP contribution >= 0.6 is 15.9 Å². The van der Waals surface area contributed by atoms with Gasteiger partial charge in [0.25, 0.3) is 0 Å². The van der Waals surface area contributed by atoms with Crippen molar-refractivity contribution < 1.29 is 0 Å². The van der Waals surface area contributed by atoms with Crippen molar-refractivity contribution in [2.45, 2.75) is 25.3 Å². The highest BCUT2D eigenvalue weighted by molar-refractivity contribution is 9.10. The Labute approximate surface area is 115 Å². The maximum absolute atomic E-state index is 8.60. The van der Waals surface area contributed by atoms with Crippen LogP contribution in [0, 0.1) is 11.5 Å². The zero-order valence-electron chi connectivity index (χ0n) is 10.2. The quantitative estimate of drug-likeness (QED) is 0.361. The SMILES string of the molecule is CN=C(NC#N)NC1CCc2c(Br)cccc2C1. The molecule has 4 nitrogen and oxygen atoms in total. The van der Waals surface area contributed by atoms with E-state index in [9.17, 15) is 0 Å². The van der Waals surface area contributed by atoms with Gasteiger partial charge in [-0.15, -0.1) is 0 Å². The Morgan fingerprint density at radius 2 is 2.39 bits per heavy atom. The minimum Gasteiger partial charge on any atom is -0.353 e. The van der Waals surface area contributed by atoms with Crippen LogP contribution in [0.15, 0.2) is 27.7 Å². The number of nitrogens with zero attached hydrogens (tertiary/aromatic N) is 2. The van der Waals surface area contributed by atoms with Crippen LogP contribution in [-0.2, 0) is 12.8 Å². The van der Waals surface area contributed by atoms with Crippen LogP contribution in [-0.4, -0.2) is 19.0 Å². The highest BCUT2D eigenvalue weighted by Crippen LogP contribution is 2.27. The number of fused-ring (bicyclic) bond motifs is 1. The van der Waals surface area contributed by atoms with Gasteiger partial charge in [0.2, 0.25) is 5.96 Å². The molecule has 1 aliphatic rings. The second-order valence-corrected chi connectivity index (χ2v) is 5.12. The molecule has 0 saturated carbocycles. The van der Waals surface area contributed by atoms with Crippen LogP contribution in [0.4, 0.5) is 0 Å². The van der Waals surface area contributed by atoms with E-state index in [0.717, 1.165) is 19.3 Å². The lowest BCUT2D eigenvalue weighted by Gasteiger charge is -2.27. The summed E-state index contributed by atoms with van der Waals surface area (Å²) in [6.45, 7) is 0. The highest BCUT2D eigenvalue weighted by atomic mass is 79.9. The average molecular weight is 307 g/mol. The van der Waals surface area contributed by atoms with E-state index in [0.29, 0.717) is 12.0 Å². The summed E-state index contributed by atoms with van der Waals surface area (Å²) >= 11 is 3.59. The molecule has 1 aromatic rings. The second-order valence-electron chi connectivity index (χ2n) is 4.27. The molecular weight excluding hydrogens is 292 g/mol. The van der Waals surface area contributed by atoms with Gasteiger partial charge in [-0.05, 0) is 36.5 Å². The number of nitrogens with one attached hydrogen (secondary N) is 2. The molecule has 0 aromatic heterocycles. The van der Waals surface area contributed by atoms with Crippen LogP contribution in [0.1, 0.15) is 17.5 Å². The lowest BCUT2D eigenvalue weighted by molar-refractivity contribution is 0.523. The van der Waals surface area contributed by atoms with E-state index in [-0.39, 0.29) is 0 Å². The van der Waals surface area contributed by atoms with Crippen molar-refractivity contribution >= 4 is 21.9 Å². The third-order valence-electron chi connectivity index (χ3n) is 3.16. The Hall–Kier alpha value is -1.54. The molecule has 1 aliphatic carbocycles. The lowest BCUT2D eigenvalue weighted by atomic mass is 9.88. The first-order valence-electron chi connectivity index (χ1n) is 5.89. The molecule has 0 aliphatic heterocycles. The summed E-state index contributed by atoms with van der Waals surface area (Å²) in [5.74, 6) is 0.543. The van der Waals surface area contributed by atoms with Crippen molar-refractivity contribution in [3.63, 3.8) is 0 Å². The smallest absolute Gasteiger partial charge is 0.204 e. The van der Waals surface area contributed by atoms with E-state index in [4.69, 9.17) is 5.26 Å². The largest absolute Gasteiger partial charge is 0.353 e. The summed E-state index contributed by atoms with van der Waals surface area (Å²) in [5.41, 5.74) is 2.76. The third-order valence-corrected chi connectivity index (χ3v) is 3.91. The van der Waals surface area contributed by atoms with E-state index in [1.165, 1.54) is 15.6 Å². The molecule has 5 heteroatoms. The Morgan fingerprint density at radius 3 is 3.11 bits per heavy atom. The van der Waals surface area contributed by atoms with E-state index in [1.54, 1.807) is 7.05 Å². The van der Waals surface area contributed by atoms with Gasteiger partial charge >= 0.3 is 0 Å². The number of hydrogen-bond donors (Lipinski definition) is 2. The Morgan fingerprint density at radius 1 is 1.56 bits per heavy atom. The molecule has 2 rings (SSSR count). The van der Waals surface area contributed by atoms with Gasteiger partial charge in [0.15, 0.2) is 6.19 Å². The highest BCUT2D eigenvalue weighted by Gasteiger charge is 2.20. The van der Waals surface area contributed by atoms with E-state index in [2.05, 4.69) is 49.8 Å². The van der Waals surface area contributed by atoms with Gasteiger partial charge in [-0.1, -0.05) is 28.1 Å². The molecule has 2 N–H and O–H groups in total. The molecule has 0 fully saturated rings. The third kappa shape index (κ3) is 2.82. The van der Waals surface area contributed by atoms with E-state index >= 15 is 0 Å². The molecule has 0 saturated heterocycles. The molecule has 0 radical (unpaired) electrons. The van der Waals surface area contributed by atoms with Crippen LogP contribution < -0.4 is 10.6 Å². The molecule has 94 valence electrons. The van der Waals surface area contributed by atoms with Gasteiger partial charge < -0.3 is 5.32 Å². The van der Waals surface area contributed by atoms with E-state index < -0.39 is 0 Å². The maximum atomic E-state index is 8.60. The van der Waals surface area contributed by atoms with Gasteiger partial charge in [0, 0.05) is 17.6 Å². The number of benzene rings is 1. The maximum Gasteiger partial charge on any atom is 0.204 e. The average Bonchev–Trinajstić information content (AvgIpc) is 2.38. The van der Waals surface area contributed by atoms with Crippen molar-refractivity contribution in [3.05, 3.63) is 33.8 Å². The second kappa shape index (κ2) is 5.87. The number of halogens is 1. The van der Waals surface area contributed by atoms with Crippen molar-refractivity contribution in [2.75, 3.05) is 7.05 Å². The zero-order chi connectivity index (χ0) is 13.0. The summed E-state index contributed by atoms with van der Waals surface area (Å²) in [6, 6.07) is 6.64. The number of nitriles is 1. The van der Waals surface area contributed by atoms with Crippen LogP contribution in [0.25, 0.3) is 0 Å². The molecule has 1 atom stereocenters. The number of aliphatic imine (C=N–C) groups is 1. The molecule has 1 aromatic carbocycles. The molecule has 0 heterocycles. The summed E-state index contributed by atoms with van der Waals surface area (Å²) in [7, 11) is 1.67. The lowest BCUT2D eigenvalue weighted by Crippen LogP contribution is -2.44. The van der Waals surface area contributed by atoms with Gasteiger partial charge in [0.1, 0.15) is 0 Å². The number of hydrogen-bond acceptors (Lipinski definition) is 2. The fourth-order valence-corrected chi connectivity index (χ4v) is 2.89. The predicted octanol–water partition coefficient (Wildman–Crippen LogP) is 1.95. The van der Waals surface area contributed by atoms with Crippen molar-refractivity contribution in [3.8, 4) is 6.19 Å². The molecule has 1 unspecified atom stereocenters. The number of rotatable bonds is 1. The molecule has 0 spiro atoms. The Kier molecular flexibility index (Phi) is 4.21. The van der Waals surface area contributed by atoms with Crippen LogP contribution in [0.5, 0.6) is 0 Å². The fourth-order valence-electron chi connectivity index (χ4n) is 2.29. The predicted molar refractivity (Wildman–Crippen MR) is 75.2 cm³/mol. The minimum atomic E-state index is 0.325. The van der Waals surface area contributed by atoms with Gasteiger partial charge in [-0.3, -0.25) is 10.3 Å². The topological polar surface area (TPSA) is 60.2 Å². The summed E-state index contributed by atoms with van der Waals surface area (Å²) in [6.07, 6.45) is 4.93. The monoisotopic (exact) mass is 306 g/mol. The molecular formula is C13H15BrN4. The van der Waals surface area contributed by atoms with Gasteiger partial charge in [0.05, 0.1) is 0 Å².